The molecular formula is C19H26N4O4. The molecule has 0 spiro atoms. The van der Waals surface area contributed by atoms with E-state index in [1.807, 2.05) is 20.8 Å². The van der Waals surface area contributed by atoms with Crippen molar-refractivity contribution in [1.82, 2.24) is 15.0 Å². The van der Waals surface area contributed by atoms with Gasteiger partial charge in [0.1, 0.15) is 5.75 Å². The molecule has 146 valence electrons. The lowest BCUT2D eigenvalue weighted by Crippen LogP contribution is -2.38. The number of benzene rings is 1. The molecule has 2 amide bonds. The number of carbonyl (C=O) groups is 2. The topological polar surface area (TPSA) is 97.6 Å². The summed E-state index contributed by atoms with van der Waals surface area (Å²) in [5.74, 6) is 1.48. The normalized spacial score (nSPS) is 10.7. The Kier molecular flexibility index (Phi) is 7.34. The zero-order chi connectivity index (χ0) is 19.8. The fourth-order valence-electron chi connectivity index (χ4n) is 2.43. The smallest absolute Gasteiger partial charge is 0.243 e. The number of hydrogen-bond acceptors (Lipinski definition) is 6. The minimum Gasteiger partial charge on any atom is -0.497 e. The molecule has 0 aliphatic carbocycles. The maximum atomic E-state index is 12.4. The molecule has 1 N–H and O–H groups in total. The van der Waals surface area contributed by atoms with Crippen LogP contribution in [-0.2, 0) is 16.0 Å². The molecule has 0 fully saturated rings. The second kappa shape index (κ2) is 9.70. The van der Waals surface area contributed by atoms with Gasteiger partial charge in [-0.1, -0.05) is 25.1 Å². The highest BCUT2D eigenvalue weighted by Crippen LogP contribution is 2.16. The number of methoxy groups -OCH3 is 1. The van der Waals surface area contributed by atoms with Crippen molar-refractivity contribution in [1.29, 1.82) is 0 Å². The van der Waals surface area contributed by atoms with Crippen molar-refractivity contribution in [3.05, 3.63) is 36.0 Å². The summed E-state index contributed by atoms with van der Waals surface area (Å²) in [7, 11) is 1.56. The van der Waals surface area contributed by atoms with Crippen LogP contribution in [0.25, 0.3) is 0 Å². The van der Waals surface area contributed by atoms with E-state index >= 15 is 0 Å². The first-order valence-electron chi connectivity index (χ1n) is 8.97. The van der Waals surface area contributed by atoms with Crippen molar-refractivity contribution in [2.75, 3.05) is 25.5 Å². The van der Waals surface area contributed by atoms with Crippen LogP contribution in [0.1, 0.15) is 44.8 Å². The lowest BCUT2D eigenvalue weighted by molar-refractivity contribution is -0.134. The third-order valence-corrected chi connectivity index (χ3v) is 3.98. The molecule has 0 atom stereocenters. The van der Waals surface area contributed by atoms with Crippen molar-refractivity contribution in [3.8, 4) is 5.75 Å². The first kappa shape index (κ1) is 20.4. The van der Waals surface area contributed by atoms with Crippen molar-refractivity contribution in [2.24, 2.45) is 0 Å². The van der Waals surface area contributed by atoms with Gasteiger partial charge < -0.3 is 19.5 Å². The summed E-state index contributed by atoms with van der Waals surface area (Å²) in [6, 6.07) is 7.06. The summed E-state index contributed by atoms with van der Waals surface area (Å²) >= 11 is 0. The van der Waals surface area contributed by atoms with E-state index < -0.39 is 0 Å². The Labute approximate surface area is 158 Å². The molecule has 8 nitrogen and oxygen atoms in total. The number of nitrogens with zero attached hydrogens (tertiary/aromatic N) is 3. The zero-order valence-corrected chi connectivity index (χ0v) is 16.2. The first-order valence-corrected chi connectivity index (χ1v) is 8.97. The molecule has 0 unspecified atom stereocenters. The van der Waals surface area contributed by atoms with Crippen LogP contribution in [0.2, 0.25) is 0 Å². The third-order valence-electron chi connectivity index (χ3n) is 3.98. The average molecular weight is 374 g/mol. The Balaban J connectivity index is 1.86. The Bertz CT molecular complexity index is 773. The number of aromatic nitrogens is 2. The number of nitrogens with one attached hydrogen (secondary N) is 1. The Hall–Kier alpha value is -2.90. The zero-order valence-electron chi connectivity index (χ0n) is 16.2. The molecule has 1 aromatic carbocycles. The van der Waals surface area contributed by atoms with E-state index in [4.69, 9.17) is 9.26 Å². The largest absolute Gasteiger partial charge is 0.497 e. The maximum absolute atomic E-state index is 12.4. The summed E-state index contributed by atoms with van der Waals surface area (Å²) < 4.78 is 10.3. The second-order valence-electron chi connectivity index (χ2n) is 6.39. The Morgan fingerprint density at radius 1 is 1.33 bits per heavy atom. The number of ether oxygens (including phenoxy) is 1. The lowest BCUT2D eigenvalue weighted by atomic mass is 10.2. The van der Waals surface area contributed by atoms with Crippen LogP contribution in [0.5, 0.6) is 5.75 Å². The highest BCUT2D eigenvalue weighted by Gasteiger charge is 2.18. The second-order valence-corrected chi connectivity index (χ2v) is 6.39. The van der Waals surface area contributed by atoms with Crippen molar-refractivity contribution in [3.63, 3.8) is 0 Å². The highest BCUT2D eigenvalue weighted by molar-refractivity contribution is 5.94. The SMILES string of the molecule is CCN(CC(=O)Nc1cccc(OC)c1)C(=O)CCc1nc(C(C)C)no1. The number of rotatable bonds is 9. The molecule has 1 aromatic heterocycles. The van der Waals surface area contributed by atoms with Crippen LogP contribution < -0.4 is 10.1 Å². The number of carbonyl (C=O) groups excluding carboxylic acids is 2. The fourth-order valence-corrected chi connectivity index (χ4v) is 2.43. The van der Waals surface area contributed by atoms with Crippen molar-refractivity contribution in [2.45, 2.75) is 39.5 Å². The predicted octanol–water partition coefficient (Wildman–Crippen LogP) is 2.62. The molecule has 0 saturated heterocycles. The highest BCUT2D eigenvalue weighted by atomic mass is 16.5. The van der Waals surface area contributed by atoms with Gasteiger partial charge >= 0.3 is 0 Å². The van der Waals surface area contributed by atoms with Crippen LogP contribution in [0, 0.1) is 0 Å². The number of aryl methyl sites for hydroxylation is 1. The van der Waals surface area contributed by atoms with Crippen LogP contribution in [0.4, 0.5) is 5.69 Å². The van der Waals surface area contributed by atoms with Crippen LogP contribution in [0.3, 0.4) is 0 Å². The van der Waals surface area contributed by atoms with Crippen LogP contribution in [0.15, 0.2) is 28.8 Å². The standard InChI is InChI=1S/C19H26N4O4/c1-5-23(12-16(24)20-14-7-6-8-15(11-14)26-4)18(25)10-9-17-21-19(13(2)3)22-27-17/h6-8,11,13H,5,9-10,12H2,1-4H3,(H,20,24). The summed E-state index contributed by atoms with van der Waals surface area (Å²) in [4.78, 5) is 30.4. The van der Waals surface area contributed by atoms with E-state index in [-0.39, 0.29) is 30.7 Å². The van der Waals surface area contributed by atoms with Crippen LogP contribution >= 0.6 is 0 Å². The Morgan fingerprint density at radius 3 is 2.74 bits per heavy atom. The van der Waals surface area contributed by atoms with Gasteiger partial charge in [-0.3, -0.25) is 9.59 Å². The van der Waals surface area contributed by atoms with Gasteiger partial charge in [-0.05, 0) is 19.1 Å². The third kappa shape index (κ3) is 6.09. The number of likely N-dealkylation sites (N-methyl/N-ethyl adjacent to an activating group) is 1. The van der Waals surface area contributed by atoms with E-state index in [1.165, 1.54) is 4.90 Å². The van der Waals surface area contributed by atoms with E-state index in [9.17, 15) is 9.59 Å². The quantitative estimate of drug-likeness (QED) is 0.725. The Morgan fingerprint density at radius 2 is 2.11 bits per heavy atom. The summed E-state index contributed by atoms with van der Waals surface area (Å²) in [5, 5.41) is 6.65. The van der Waals surface area contributed by atoms with E-state index in [0.717, 1.165) is 0 Å². The van der Waals surface area contributed by atoms with E-state index in [0.29, 0.717) is 36.1 Å². The predicted molar refractivity (Wildman–Crippen MR) is 101 cm³/mol. The molecule has 2 aromatic rings. The minimum atomic E-state index is -0.265. The van der Waals surface area contributed by atoms with Crippen molar-refractivity contribution >= 4 is 17.5 Å². The summed E-state index contributed by atoms with van der Waals surface area (Å²) in [6.45, 7) is 6.19. The number of hydrogen-bond donors (Lipinski definition) is 1. The van der Waals surface area contributed by atoms with Gasteiger partial charge in [0.05, 0.1) is 13.7 Å². The molecule has 0 aliphatic heterocycles. The van der Waals surface area contributed by atoms with E-state index in [1.54, 1.807) is 31.4 Å². The van der Waals surface area contributed by atoms with Gasteiger partial charge in [-0.15, -0.1) is 0 Å². The monoisotopic (exact) mass is 374 g/mol. The van der Waals surface area contributed by atoms with Crippen molar-refractivity contribution < 1.29 is 18.8 Å². The average Bonchev–Trinajstić information content (AvgIpc) is 3.13. The molecule has 0 radical (unpaired) electrons. The fraction of sp³-hybridized carbons (Fsp3) is 0.474. The van der Waals surface area contributed by atoms with Gasteiger partial charge in [0.2, 0.25) is 17.7 Å². The molecule has 8 heteroatoms. The van der Waals surface area contributed by atoms with Gasteiger partial charge in [-0.25, -0.2) is 0 Å². The number of amides is 2. The molecule has 27 heavy (non-hydrogen) atoms. The molecule has 0 aliphatic rings. The summed E-state index contributed by atoms with van der Waals surface area (Å²) in [6.07, 6.45) is 0.562. The molecule has 1 heterocycles. The molecule has 0 saturated carbocycles. The maximum Gasteiger partial charge on any atom is 0.243 e. The molecular weight excluding hydrogens is 348 g/mol. The van der Waals surface area contributed by atoms with Gasteiger partial charge in [0.25, 0.3) is 0 Å². The molecule has 0 bridgehead atoms. The summed E-state index contributed by atoms with van der Waals surface area (Å²) in [5.41, 5.74) is 0.620. The van der Waals surface area contributed by atoms with Gasteiger partial charge in [-0.2, -0.15) is 4.98 Å². The number of anilines is 1. The van der Waals surface area contributed by atoms with Crippen LogP contribution in [-0.4, -0.2) is 47.1 Å². The molecule has 2 rings (SSSR count). The lowest BCUT2D eigenvalue weighted by Gasteiger charge is -2.20. The van der Waals surface area contributed by atoms with Gasteiger partial charge in [0.15, 0.2) is 5.82 Å². The first-order chi connectivity index (χ1) is 12.9. The minimum absolute atomic E-state index is 0.0202. The van der Waals surface area contributed by atoms with Gasteiger partial charge in [0, 0.05) is 37.1 Å². The van der Waals surface area contributed by atoms with E-state index in [2.05, 4.69) is 15.5 Å².